The van der Waals surface area contributed by atoms with E-state index in [0.29, 0.717) is 16.0 Å². The summed E-state index contributed by atoms with van der Waals surface area (Å²) in [4.78, 5) is 14.6. The molecule has 1 saturated heterocycles. The van der Waals surface area contributed by atoms with Crippen molar-refractivity contribution in [2.24, 2.45) is 5.92 Å². The molecule has 1 N–H and O–H groups in total. The average molecular weight is 357 g/mol. The van der Waals surface area contributed by atoms with Gasteiger partial charge >= 0.3 is 0 Å². The molecule has 0 aromatic heterocycles. The molecule has 0 bridgehead atoms. The minimum absolute atomic E-state index is 0.0312. The molecule has 5 heteroatoms. The molecule has 1 aromatic carbocycles. The Morgan fingerprint density at radius 3 is 2.86 bits per heavy atom. The van der Waals surface area contributed by atoms with Crippen molar-refractivity contribution in [3.05, 3.63) is 34.1 Å². The molecule has 1 fully saturated rings. The molecule has 1 aromatic rings. The number of hydrogen-bond donors (Lipinski definition) is 1. The van der Waals surface area contributed by atoms with Crippen LogP contribution < -0.4 is 5.32 Å². The lowest BCUT2D eigenvalue weighted by Crippen LogP contribution is -2.44. The topological polar surface area (TPSA) is 32.3 Å². The highest BCUT2D eigenvalue weighted by Gasteiger charge is 2.24. The number of hydrogen-bond acceptors (Lipinski definition) is 2. The quantitative estimate of drug-likeness (QED) is 0.895. The number of carbonyl (C=O) groups is 1. The van der Waals surface area contributed by atoms with Crippen LogP contribution in [-0.2, 0) is 0 Å². The second-order valence-electron chi connectivity index (χ2n) is 5.89. The third-order valence-electron chi connectivity index (χ3n) is 3.90. The highest BCUT2D eigenvalue weighted by molar-refractivity contribution is 9.10. The summed E-state index contributed by atoms with van der Waals surface area (Å²) in [7, 11) is 0. The van der Waals surface area contributed by atoms with Crippen LogP contribution in [-0.4, -0.2) is 36.5 Å². The van der Waals surface area contributed by atoms with E-state index in [-0.39, 0.29) is 17.8 Å². The Labute approximate surface area is 134 Å². The number of benzene rings is 1. The maximum atomic E-state index is 13.3. The van der Waals surface area contributed by atoms with Crippen LogP contribution in [0.1, 0.15) is 37.0 Å². The Hall–Kier alpha value is -0.940. The van der Waals surface area contributed by atoms with Gasteiger partial charge in [0.15, 0.2) is 0 Å². The van der Waals surface area contributed by atoms with E-state index in [4.69, 9.17) is 0 Å². The first-order chi connectivity index (χ1) is 9.99. The number of nitrogens with one attached hydrogen (secondary N) is 1. The first-order valence-electron chi connectivity index (χ1n) is 7.45. The lowest BCUT2D eigenvalue weighted by Gasteiger charge is -2.33. The molecule has 2 rings (SSSR count). The Balaban J connectivity index is 2.12. The fraction of sp³-hybridized carbons (Fsp3) is 0.562. The second-order valence-corrected chi connectivity index (χ2v) is 6.75. The molecule has 21 heavy (non-hydrogen) atoms. The van der Waals surface area contributed by atoms with E-state index < -0.39 is 0 Å². The highest BCUT2D eigenvalue weighted by atomic mass is 79.9. The molecule has 0 aliphatic carbocycles. The standard InChI is InChI=1S/C16H22BrFN2O/c1-11(2)20(10-12-4-3-7-19-9-12)16(21)13-5-6-15(18)14(17)8-13/h5-6,8,11-12,19H,3-4,7,9-10H2,1-2H3. The first-order valence-corrected chi connectivity index (χ1v) is 8.25. The van der Waals surface area contributed by atoms with Crippen molar-refractivity contribution >= 4 is 21.8 Å². The second kappa shape index (κ2) is 7.36. The van der Waals surface area contributed by atoms with Crippen LogP contribution >= 0.6 is 15.9 Å². The summed E-state index contributed by atoms with van der Waals surface area (Å²) in [6, 6.07) is 4.57. The van der Waals surface area contributed by atoms with Crippen LogP contribution in [0.2, 0.25) is 0 Å². The molecular formula is C16H22BrFN2O. The van der Waals surface area contributed by atoms with Crippen molar-refractivity contribution in [2.75, 3.05) is 19.6 Å². The SMILES string of the molecule is CC(C)N(CC1CCCNC1)C(=O)c1ccc(F)c(Br)c1. The summed E-state index contributed by atoms with van der Waals surface area (Å²) in [5.41, 5.74) is 0.528. The number of rotatable bonds is 4. The summed E-state index contributed by atoms with van der Waals surface area (Å²) < 4.78 is 13.6. The molecule has 0 spiro atoms. The smallest absolute Gasteiger partial charge is 0.254 e. The normalized spacial score (nSPS) is 18.8. The zero-order valence-corrected chi connectivity index (χ0v) is 14.1. The van der Waals surface area contributed by atoms with E-state index in [1.54, 1.807) is 12.1 Å². The Morgan fingerprint density at radius 1 is 1.52 bits per heavy atom. The number of carbonyl (C=O) groups excluding carboxylic acids is 1. The molecule has 0 radical (unpaired) electrons. The number of halogens is 2. The number of nitrogens with zero attached hydrogens (tertiary/aromatic N) is 1. The maximum absolute atomic E-state index is 13.3. The van der Waals surface area contributed by atoms with Gasteiger partial charge < -0.3 is 10.2 Å². The van der Waals surface area contributed by atoms with Gasteiger partial charge in [-0.2, -0.15) is 0 Å². The van der Waals surface area contributed by atoms with Crippen molar-refractivity contribution in [1.82, 2.24) is 10.2 Å². The van der Waals surface area contributed by atoms with Crippen LogP contribution in [0.3, 0.4) is 0 Å². The van der Waals surface area contributed by atoms with E-state index >= 15 is 0 Å². The lowest BCUT2D eigenvalue weighted by atomic mass is 9.98. The molecule has 3 nitrogen and oxygen atoms in total. The van der Waals surface area contributed by atoms with Gasteiger partial charge in [-0.25, -0.2) is 4.39 Å². The molecule has 0 saturated carbocycles. The van der Waals surface area contributed by atoms with E-state index in [2.05, 4.69) is 21.2 Å². The predicted octanol–water partition coefficient (Wildman–Crippen LogP) is 3.44. The molecule has 1 aliphatic rings. The van der Waals surface area contributed by atoms with Crippen molar-refractivity contribution in [3.8, 4) is 0 Å². The first kappa shape index (κ1) is 16.4. The minimum atomic E-state index is -0.348. The van der Waals surface area contributed by atoms with E-state index in [1.807, 2.05) is 18.7 Å². The van der Waals surface area contributed by atoms with Crippen LogP contribution in [0.15, 0.2) is 22.7 Å². The van der Waals surface area contributed by atoms with Gasteiger partial charge in [0.1, 0.15) is 5.82 Å². The fourth-order valence-corrected chi connectivity index (χ4v) is 3.06. The molecule has 1 heterocycles. The van der Waals surface area contributed by atoms with Crippen molar-refractivity contribution in [1.29, 1.82) is 0 Å². The van der Waals surface area contributed by atoms with Gasteiger partial charge in [-0.15, -0.1) is 0 Å². The number of piperidine rings is 1. The van der Waals surface area contributed by atoms with Crippen LogP contribution in [0.25, 0.3) is 0 Å². The van der Waals surface area contributed by atoms with Crippen LogP contribution in [0.5, 0.6) is 0 Å². The lowest BCUT2D eigenvalue weighted by molar-refractivity contribution is 0.0660. The summed E-state index contributed by atoms with van der Waals surface area (Å²) in [5.74, 6) is 0.115. The van der Waals surface area contributed by atoms with Gasteiger partial charge in [-0.1, -0.05) is 0 Å². The van der Waals surface area contributed by atoms with Gasteiger partial charge in [0.25, 0.3) is 5.91 Å². The Kier molecular flexibility index (Phi) is 5.76. The predicted molar refractivity (Wildman–Crippen MR) is 85.9 cm³/mol. The zero-order valence-electron chi connectivity index (χ0n) is 12.5. The van der Waals surface area contributed by atoms with E-state index in [0.717, 1.165) is 32.5 Å². The summed E-state index contributed by atoms with van der Waals surface area (Å²) in [5, 5.41) is 3.38. The molecule has 1 atom stereocenters. The average Bonchev–Trinajstić information content (AvgIpc) is 2.47. The minimum Gasteiger partial charge on any atom is -0.336 e. The van der Waals surface area contributed by atoms with Gasteiger partial charge in [0, 0.05) is 18.2 Å². The largest absolute Gasteiger partial charge is 0.336 e. The third-order valence-corrected chi connectivity index (χ3v) is 4.51. The van der Waals surface area contributed by atoms with E-state index in [9.17, 15) is 9.18 Å². The molecular weight excluding hydrogens is 335 g/mol. The van der Waals surface area contributed by atoms with Crippen molar-refractivity contribution in [2.45, 2.75) is 32.7 Å². The van der Waals surface area contributed by atoms with E-state index in [1.165, 1.54) is 6.07 Å². The number of amides is 1. The van der Waals surface area contributed by atoms with Crippen LogP contribution in [0, 0.1) is 11.7 Å². The zero-order chi connectivity index (χ0) is 15.4. The van der Waals surface area contributed by atoms with Crippen LogP contribution in [0.4, 0.5) is 4.39 Å². The van der Waals surface area contributed by atoms with Gasteiger partial charge in [-0.3, -0.25) is 4.79 Å². The summed E-state index contributed by atoms with van der Waals surface area (Å²) in [6.45, 7) is 6.82. The monoisotopic (exact) mass is 356 g/mol. The van der Waals surface area contributed by atoms with Crippen molar-refractivity contribution < 1.29 is 9.18 Å². The molecule has 116 valence electrons. The molecule has 1 amide bonds. The van der Waals surface area contributed by atoms with Crippen molar-refractivity contribution in [3.63, 3.8) is 0 Å². The van der Waals surface area contributed by atoms with Gasteiger partial charge in [0.05, 0.1) is 4.47 Å². The Morgan fingerprint density at radius 2 is 2.29 bits per heavy atom. The summed E-state index contributed by atoms with van der Waals surface area (Å²) >= 11 is 3.14. The Bertz CT molecular complexity index is 501. The maximum Gasteiger partial charge on any atom is 0.254 e. The van der Waals surface area contributed by atoms with Gasteiger partial charge in [0.2, 0.25) is 0 Å². The molecule has 1 aliphatic heterocycles. The molecule has 1 unspecified atom stereocenters. The van der Waals surface area contributed by atoms with Gasteiger partial charge in [-0.05, 0) is 79.8 Å². The fourth-order valence-electron chi connectivity index (χ4n) is 2.68. The third kappa shape index (κ3) is 4.27. The highest BCUT2D eigenvalue weighted by Crippen LogP contribution is 2.20. The summed E-state index contributed by atoms with van der Waals surface area (Å²) in [6.07, 6.45) is 2.31.